The third-order valence-corrected chi connectivity index (χ3v) is 4.85. The third-order valence-electron chi connectivity index (χ3n) is 4.85. The van der Waals surface area contributed by atoms with Crippen molar-refractivity contribution in [3.8, 4) is 11.1 Å². The van der Waals surface area contributed by atoms with E-state index in [0.717, 1.165) is 0 Å². The van der Waals surface area contributed by atoms with Crippen molar-refractivity contribution in [3.63, 3.8) is 0 Å². The van der Waals surface area contributed by atoms with Crippen molar-refractivity contribution in [1.82, 2.24) is 0 Å². The Hall–Kier alpha value is -3.06. The van der Waals surface area contributed by atoms with Gasteiger partial charge in [-0.15, -0.1) is 0 Å². The van der Waals surface area contributed by atoms with E-state index in [1.54, 1.807) is 0 Å². The lowest BCUT2D eigenvalue weighted by Gasteiger charge is -2.33. The fourth-order valence-electron chi connectivity index (χ4n) is 3.73. The SMILES string of the molecule is Cc1ccc(N2c3ccccc3-c3cccc4cccc2c34)cc1. The second-order valence-corrected chi connectivity index (χ2v) is 6.37. The highest BCUT2D eigenvalue weighted by Crippen LogP contribution is 2.50. The molecule has 5 rings (SSSR count). The van der Waals surface area contributed by atoms with Gasteiger partial charge in [-0.25, -0.2) is 0 Å². The molecule has 0 amide bonds. The number of benzene rings is 4. The number of nitrogens with zero attached hydrogens (tertiary/aromatic N) is 1. The lowest BCUT2D eigenvalue weighted by atomic mass is 9.91. The normalized spacial score (nSPS) is 12.3. The van der Waals surface area contributed by atoms with Gasteiger partial charge in [-0.3, -0.25) is 0 Å². The van der Waals surface area contributed by atoms with Crippen LogP contribution in [-0.2, 0) is 0 Å². The summed E-state index contributed by atoms with van der Waals surface area (Å²) in [5.41, 5.74) is 7.60. The molecule has 4 aromatic carbocycles. The van der Waals surface area contributed by atoms with Gasteiger partial charge < -0.3 is 4.90 Å². The first kappa shape index (κ1) is 13.4. The van der Waals surface area contributed by atoms with E-state index in [-0.39, 0.29) is 0 Å². The van der Waals surface area contributed by atoms with E-state index in [0.29, 0.717) is 0 Å². The molecule has 1 heteroatoms. The molecular weight excluding hydrogens is 290 g/mol. The predicted molar refractivity (Wildman–Crippen MR) is 102 cm³/mol. The predicted octanol–water partition coefficient (Wildman–Crippen LogP) is 6.60. The number of anilines is 3. The molecule has 1 aliphatic rings. The summed E-state index contributed by atoms with van der Waals surface area (Å²) in [5.74, 6) is 0. The van der Waals surface area contributed by atoms with E-state index in [9.17, 15) is 0 Å². The van der Waals surface area contributed by atoms with Crippen molar-refractivity contribution in [2.45, 2.75) is 6.92 Å². The molecule has 114 valence electrons. The van der Waals surface area contributed by atoms with Gasteiger partial charge in [0.2, 0.25) is 0 Å². The zero-order chi connectivity index (χ0) is 16.1. The van der Waals surface area contributed by atoms with Crippen LogP contribution in [0.4, 0.5) is 17.1 Å². The molecule has 0 bridgehead atoms. The van der Waals surface area contributed by atoms with Crippen LogP contribution in [0.3, 0.4) is 0 Å². The van der Waals surface area contributed by atoms with Crippen molar-refractivity contribution >= 4 is 27.8 Å². The minimum atomic E-state index is 1.20. The number of hydrogen-bond donors (Lipinski definition) is 0. The monoisotopic (exact) mass is 307 g/mol. The molecule has 0 aliphatic carbocycles. The second-order valence-electron chi connectivity index (χ2n) is 6.37. The first-order valence-electron chi connectivity index (χ1n) is 8.31. The topological polar surface area (TPSA) is 3.24 Å². The van der Waals surface area contributed by atoms with E-state index in [1.807, 2.05) is 0 Å². The third kappa shape index (κ3) is 1.82. The van der Waals surface area contributed by atoms with Crippen molar-refractivity contribution in [3.05, 3.63) is 90.5 Å². The molecule has 0 unspecified atom stereocenters. The highest BCUT2D eigenvalue weighted by Gasteiger charge is 2.24. The average molecular weight is 307 g/mol. The molecule has 0 saturated heterocycles. The fraction of sp³-hybridized carbons (Fsp3) is 0.0435. The molecule has 0 atom stereocenters. The van der Waals surface area contributed by atoms with Crippen LogP contribution >= 0.6 is 0 Å². The summed E-state index contributed by atoms with van der Waals surface area (Å²) in [6.45, 7) is 2.13. The maximum absolute atomic E-state index is 2.38. The Balaban J connectivity index is 1.91. The van der Waals surface area contributed by atoms with Gasteiger partial charge in [-0.2, -0.15) is 0 Å². The molecule has 0 aromatic heterocycles. The summed E-state index contributed by atoms with van der Waals surface area (Å²) in [6, 6.07) is 30.6. The van der Waals surface area contributed by atoms with E-state index >= 15 is 0 Å². The van der Waals surface area contributed by atoms with Gasteiger partial charge in [0.25, 0.3) is 0 Å². The number of para-hydroxylation sites is 1. The maximum Gasteiger partial charge on any atom is 0.0546 e. The van der Waals surface area contributed by atoms with Gasteiger partial charge in [0.1, 0.15) is 0 Å². The van der Waals surface area contributed by atoms with Crippen LogP contribution in [0.1, 0.15) is 5.56 Å². The Morgan fingerprint density at radius 3 is 2.08 bits per heavy atom. The Morgan fingerprint density at radius 2 is 1.25 bits per heavy atom. The molecule has 0 spiro atoms. The van der Waals surface area contributed by atoms with E-state index in [2.05, 4.69) is 96.8 Å². The van der Waals surface area contributed by atoms with Gasteiger partial charge in [-0.1, -0.05) is 66.2 Å². The Labute approximate surface area is 141 Å². The van der Waals surface area contributed by atoms with Gasteiger partial charge >= 0.3 is 0 Å². The summed E-state index contributed by atoms with van der Waals surface area (Å²) in [4.78, 5) is 2.38. The largest absolute Gasteiger partial charge is 0.309 e. The standard InChI is InChI=1S/C23H17N/c1-16-12-14-18(15-13-16)24-21-10-3-2-8-19(21)20-9-4-6-17-7-5-11-22(24)23(17)20/h2-15H,1H3. The van der Waals surface area contributed by atoms with Crippen LogP contribution in [0, 0.1) is 6.92 Å². The molecule has 0 radical (unpaired) electrons. The number of rotatable bonds is 1. The zero-order valence-electron chi connectivity index (χ0n) is 13.5. The Kier molecular flexibility index (Phi) is 2.77. The van der Waals surface area contributed by atoms with Crippen LogP contribution in [0.25, 0.3) is 21.9 Å². The molecule has 0 saturated carbocycles. The first-order chi connectivity index (χ1) is 11.8. The Bertz CT molecular complexity index is 1060. The molecule has 0 fully saturated rings. The summed E-state index contributed by atoms with van der Waals surface area (Å²) in [5, 5.41) is 2.62. The molecule has 24 heavy (non-hydrogen) atoms. The van der Waals surface area contributed by atoms with E-state index in [4.69, 9.17) is 0 Å². The number of aryl methyl sites for hydroxylation is 1. The van der Waals surface area contributed by atoms with Gasteiger partial charge in [0, 0.05) is 16.6 Å². The molecular formula is C23H17N. The maximum atomic E-state index is 2.38. The quantitative estimate of drug-likeness (QED) is 0.337. The molecule has 1 heterocycles. The summed E-state index contributed by atoms with van der Waals surface area (Å²) in [7, 11) is 0. The second kappa shape index (κ2) is 4.97. The van der Waals surface area contributed by atoms with E-state index < -0.39 is 0 Å². The summed E-state index contributed by atoms with van der Waals surface area (Å²) < 4.78 is 0. The molecule has 1 aliphatic heterocycles. The van der Waals surface area contributed by atoms with Crippen molar-refractivity contribution in [1.29, 1.82) is 0 Å². The van der Waals surface area contributed by atoms with Gasteiger partial charge in [0.05, 0.1) is 11.4 Å². The summed E-state index contributed by atoms with van der Waals surface area (Å²) in [6.07, 6.45) is 0. The van der Waals surface area contributed by atoms with Crippen LogP contribution in [-0.4, -0.2) is 0 Å². The summed E-state index contributed by atoms with van der Waals surface area (Å²) >= 11 is 0. The lowest BCUT2D eigenvalue weighted by Crippen LogP contribution is -2.14. The van der Waals surface area contributed by atoms with Crippen LogP contribution in [0.15, 0.2) is 84.9 Å². The van der Waals surface area contributed by atoms with Crippen LogP contribution in [0.2, 0.25) is 0 Å². The van der Waals surface area contributed by atoms with Gasteiger partial charge in [-0.05, 0) is 42.1 Å². The minimum Gasteiger partial charge on any atom is -0.309 e. The first-order valence-corrected chi connectivity index (χ1v) is 8.31. The number of hydrogen-bond acceptors (Lipinski definition) is 1. The fourth-order valence-corrected chi connectivity index (χ4v) is 3.73. The lowest BCUT2D eigenvalue weighted by molar-refractivity contribution is 1.28. The van der Waals surface area contributed by atoms with Crippen LogP contribution < -0.4 is 4.90 Å². The van der Waals surface area contributed by atoms with Crippen molar-refractivity contribution in [2.24, 2.45) is 0 Å². The molecule has 0 N–H and O–H groups in total. The average Bonchev–Trinajstić information content (AvgIpc) is 2.64. The van der Waals surface area contributed by atoms with Crippen molar-refractivity contribution in [2.75, 3.05) is 4.90 Å². The molecule has 4 aromatic rings. The van der Waals surface area contributed by atoms with Crippen LogP contribution in [0.5, 0.6) is 0 Å². The van der Waals surface area contributed by atoms with Crippen molar-refractivity contribution < 1.29 is 0 Å². The highest BCUT2D eigenvalue weighted by molar-refractivity contribution is 6.13. The number of fused-ring (bicyclic) bond motifs is 2. The van der Waals surface area contributed by atoms with Gasteiger partial charge in [0.15, 0.2) is 0 Å². The Morgan fingerprint density at radius 1 is 0.583 bits per heavy atom. The minimum absolute atomic E-state index is 1.20. The molecule has 1 nitrogen and oxygen atoms in total. The highest BCUT2D eigenvalue weighted by atomic mass is 15.2. The zero-order valence-corrected chi connectivity index (χ0v) is 13.5. The smallest absolute Gasteiger partial charge is 0.0546 e. The van der Waals surface area contributed by atoms with E-state index in [1.165, 1.54) is 44.5 Å².